The van der Waals surface area contributed by atoms with Gasteiger partial charge in [-0.25, -0.2) is 0 Å². The van der Waals surface area contributed by atoms with E-state index in [4.69, 9.17) is 0 Å². The molecular weight excluding hydrogens is 202 g/mol. The summed E-state index contributed by atoms with van der Waals surface area (Å²) in [6.45, 7) is 0.526. The summed E-state index contributed by atoms with van der Waals surface area (Å²) in [6, 6.07) is 7.78. The van der Waals surface area contributed by atoms with Crippen LogP contribution in [-0.2, 0) is 16.0 Å². The molecule has 0 fully saturated rings. The molecule has 0 spiro atoms. The number of amides is 1. The summed E-state index contributed by atoms with van der Waals surface area (Å²) >= 11 is 0. The Morgan fingerprint density at radius 1 is 1.12 bits per heavy atom. The fraction of sp³-hybridized carbons (Fsp3) is 0.231. The van der Waals surface area contributed by atoms with Gasteiger partial charge in [-0.05, 0) is 5.56 Å². The molecule has 80 valence electrons. The van der Waals surface area contributed by atoms with Crippen molar-refractivity contribution in [2.45, 2.75) is 12.8 Å². The smallest absolute Gasteiger partial charge is 0.231 e. The molecule has 0 unspecified atom stereocenters. The van der Waals surface area contributed by atoms with Crippen LogP contribution in [-0.4, -0.2) is 23.1 Å². The molecule has 0 saturated carbocycles. The molecule has 0 saturated heterocycles. The van der Waals surface area contributed by atoms with Gasteiger partial charge in [-0.3, -0.25) is 9.59 Å². The third-order valence-electron chi connectivity index (χ3n) is 3.11. The number of hydrogen-bond acceptors (Lipinski definition) is 2. The molecule has 0 bridgehead atoms. The van der Waals surface area contributed by atoms with Crippen LogP contribution in [0.5, 0.6) is 0 Å². The van der Waals surface area contributed by atoms with Crippen molar-refractivity contribution in [1.29, 1.82) is 0 Å². The Morgan fingerprint density at radius 3 is 2.81 bits per heavy atom. The highest BCUT2D eigenvalue weighted by Gasteiger charge is 2.30. The maximum absolute atomic E-state index is 11.9. The maximum Gasteiger partial charge on any atom is 0.231 e. The van der Waals surface area contributed by atoms with Crippen LogP contribution in [0.25, 0.3) is 5.70 Å². The Bertz CT molecular complexity index is 516. The van der Waals surface area contributed by atoms with Gasteiger partial charge in [0.15, 0.2) is 5.78 Å². The van der Waals surface area contributed by atoms with Crippen LogP contribution in [0.2, 0.25) is 0 Å². The van der Waals surface area contributed by atoms with Crippen molar-refractivity contribution in [2.24, 2.45) is 0 Å². The molecule has 1 aromatic rings. The summed E-state index contributed by atoms with van der Waals surface area (Å²) < 4.78 is 0. The monoisotopic (exact) mass is 213 g/mol. The molecule has 3 rings (SSSR count). The van der Waals surface area contributed by atoms with Crippen molar-refractivity contribution in [1.82, 2.24) is 4.90 Å². The number of nitrogens with zero attached hydrogens (tertiary/aromatic N) is 1. The van der Waals surface area contributed by atoms with E-state index >= 15 is 0 Å². The molecule has 2 aliphatic heterocycles. The summed E-state index contributed by atoms with van der Waals surface area (Å²) in [4.78, 5) is 25.0. The van der Waals surface area contributed by atoms with Crippen LogP contribution in [0.3, 0.4) is 0 Å². The molecule has 0 atom stereocenters. The average Bonchev–Trinajstić information content (AvgIpc) is 2.29. The van der Waals surface area contributed by atoms with Crippen LogP contribution < -0.4 is 0 Å². The lowest BCUT2D eigenvalue weighted by Gasteiger charge is -2.33. The molecule has 0 N–H and O–H groups in total. The highest BCUT2D eigenvalue weighted by molar-refractivity contribution is 6.04. The average molecular weight is 213 g/mol. The Hall–Kier alpha value is -1.90. The van der Waals surface area contributed by atoms with Crippen LogP contribution >= 0.6 is 0 Å². The molecule has 2 heterocycles. The van der Waals surface area contributed by atoms with Crippen LogP contribution in [0.4, 0.5) is 0 Å². The Morgan fingerprint density at radius 2 is 1.94 bits per heavy atom. The van der Waals surface area contributed by atoms with Gasteiger partial charge in [0.2, 0.25) is 5.91 Å². The highest BCUT2D eigenvalue weighted by atomic mass is 16.2. The molecule has 0 aromatic heterocycles. The topological polar surface area (TPSA) is 37.4 Å². The number of benzene rings is 1. The molecule has 0 aliphatic carbocycles. The standard InChI is InChI=1S/C13H11NO2/c15-10-5-6-14-12(8-10)11-4-2-1-3-9(11)7-13(14)16/h1-4,8H,5-7H2. The summed E-state index contributed by atoms with van der Waals surface area (Å²) in [5, 5.41) is 0. The largest absolute Gasteiger partial charge is 0.311 e. The quantitative estimate of drug-likeness (QED) is 0.653. The first-order chi connectivity index (χ1) is 7.75. The Labute approximate surface area is 93.4 Å². The second-order valence-electron chi connectivity index (χ2n) is 4.13. The maximum atomic E-state index is 11.9. The van der Waals surface area contributed by atoms with Crippen molar-refractivity contribution >= 4 is 17.4 Å². The third-order valence-corrected chi connectivity index (χ3v) is 3.11. The van der Waals surface area contributed by atoms with E-state index in [0.717, 1.165) is 16.8 Å². The molecule has 3 heteroatoms. The number of hydrogen-bond donors (Lipinski definition) is 0. The zero-order valence-electron chi connectivity index (χ0n) is 8.77. The van der Waals surface area contributed by atoms with E-state index in [-0.39, 0.29) is 11.7 Å². The first kappa shape index (κ1) is 9.33. The summed E-state index contributed by atoms with van der Waals surface area (Å²) in [6.07, 6.45) is 2.48. The lowest BCUT2D eigenvalue weighted by atomic mass is 9.93. The van der Waals surface area contributed by atoms with E-state index in [2.05, 4.69) is 0 Å². The molecule has 1 amide bonds. The molecular formula is C13H11NO2. The molecule has 3 nitrogen and oxygen atoms in total. The minimum atomic E-state index is 0.0949. The van der Waals surface area contributed by atoms with Gasteiger partial charge < -0.3 is 4.90 Å². The zero-order valence-corrected chi connectivity index (χ0v) is 8.77. The number of ketones is 1. The lowest BCUT2D eigenvalue weighted by Crippen LogP contribution is -2.39. The fourth-order valence-electron chi connectivity index (χ4n) is 2.31. The first-order valence-electron chi connectivity index (χ1n) is 5.39. The van der Waals surface area contributed by atoms with Gasteiger partial charge in [0.1, 0.15) is 0 Å². The van der Waals surface area contributed by atoms with Gasteiger partial charge in [0, 0.05) is 24.6 Å². The normalized spacial score (nSPS) is 19.0. The van der Waals surface area contributed by atoms with E-state index in [0.29, 0.717) is 19.4 Å². The summed E-state index contributed by atoms with van der Waals surface area (Å²) in [7, 11) is 0. The second kappa shape index (κ2) is 3.30. The van der Waals surface area contributed by atoms with Crippen molar-refractivity contribution in [3.63, 3.8) is 0 Å². The number of carbonyl (C=O) groups is 2. The lowest BCUT2D eigenvalue weighted by molar-refractivity contribution is -0.128. The van der Waals surface area contributed by atoms with E-state index in [9.17, 15) is 9.59 Å². The van der Waals surface area contributed by atoms with E-state index < -0.39 is 0 Å². The van der Waals surface area contributed by atoms with Gasteiger partial charge in [0.05, 0.1) is 12.1 Å². The zero-order chi connectivity index (χ0) is 11.1. The van der Waals surface area contributed by atoms with Crippen LogP contribution in [0.1, 0.15) is 17.5 Å². The highest BCUT2D eigenvalue weighted by Crippen LogP contribution is 2.31. The van der Waals surface area contributed by atoms with Gasteiger partial charge in [-0.2, -0.15) is 0 Å². The summed E-state index contributed by atoms with van der Waals surface area (Å²) in [5.74, 6) is 0.202. The van der Waals surface area contributed by atoms with Crippen molar-refractivity contribution < 1.29 is 9.59 Å². The van der Waals surface area contributed by atoms with Crippen molar-refractivity contribution in [3.05, 3.63) is 41.5 Å². The number of allylic oxidation sites excluding steroid dienone is 1. The number of rotatable bonds is 0. The third kappa shape index (κ3) is 1.28. The van der Waals surface area contributed by atoms with E-state index in [1.165, 1.54) is 0 Å². The molecule has 0 radical (unpaired) electrons. The SMILES string of the molecule is O=C1C=C2c3ccccc3CC(=O)N2CC1. The van der Waals surface area contributed by atoms with Gasteiger partial charge >= 0.3 is 0 Å². The minimum Gasteiger partial charge on any atom is -0.311 e. The fourth-order valence-corrected chi connectivity index (χ4v) is 2.31. The summed E-state index contributed by atoms with van der Waals surface area (Å²) in [5.41, 5.74) is 2.82. The Balaban J connectivity index is 2.20. The van der Waals surface area contributed by atoms with Crippen LogP contribution in [0.15, 0.2) is 30.3 Å². The molecule has 16 heavy (non-hydrogen) atoms. The van der Waals surface area contributed by atoms with E-state index in [1.807, 2.05) is 24.3 Å². The van der Waals surface area contributed by atoms with Crippen LogP contribution in [0, 0.1) is 0 Å². The van der Waals surface area contributed by atoms with Gasteiger partial charge in [0.25, 0.3) is 0 Å². The predicted octanol–water partition coefficient (Wildman–Crippen LogP) is 1.39. The van der Waals surface area contributed by atoms with Crippen molar-refractivity contribution in [3.8, 4) is 0 Å². The minimum absolute atomic E-state index is 0.0949. The molecule has 2 aliphatic rings. The van der Waals surface area contributed by atoms with Crippen molar-refractivity contribution in [2.75, 3.05) is 6.54 Å². The molecule has 1 aromatic carbocycles. The van der Waals surface area contributed by atoms with E-state index in [1.54, 1.807) is 11.0 Å². The van der Waals surface area contributed by atoms with Gasteiger partial charge in [-0.1, -0.05) is 24.3 Å². The van der Waals surface area contributed by atoms with Gasteiger partial charge in [-0.15, -0.1) is 0 Å². The number of carbonyl (C=O) groups excluding carboxylic acids is 2. The second-order valence-corrected chi connectivity index (χ2v) is 4.13. The Kier molecular flexibility index (Phi) is 1.93. The first-order valence-corrected chi connectivity index (χ1v) is 5.39. The number of fused-ring (bicyclic) bond motifs is 3. The predicted molar refractivity (Wildman–Crippen MR) is 59.5 cm³/mol.